The molecule has 2 rings (SSSR count). The number of hydrogen-bond acceptors (Lipinski definition) is 5. The highest BCUT2D eigenvalue weighted by molar-refractivity contribution is 7.91. The summed E-state index contributed by atoms with van der Waals surface area (Å²) < 4.78 is 51.5. The molecule has 0 N–H and O–H groups in total. The summed E-state index contributed by atoms with van der Waals surface area (Å²) in [4.78, 5) is 0.0639. The van der Waals surface area contributed by atoms with Crippen molar-refractivity contribution in [1.82, 2.24) is 0 Å². The summed E-state index contributed by atoms with van der Waals surface area (Å²) >= 11 is 0. The van der Waals surface area contributed by atoms with Crippen LogP contribution in [0.1, 0.15) is 18.9 Å². The van der Waals surface area contributed by atoms with E-state index in [1.807, 2.05) is 6.92 Å². The summed E-state index contributed by atoms with van der Waals surface area (Å²) in [7, 11) is -7.03. The van der Waals surface area contributed by atoms with E-state index in [1.165, 1.54) is 12.1 Å². The predicted octanol–water partition coefficient (Wildman–Crippen LogP) is 1.14. The first-order valence-corrected chi connectivity index (χ1v) is 9.28. The third kappa shape index (κ3) is 3.55. The topological polar surface area (TPSA) is 77.5 Å². The summed E-state index contributed by atoms with van der Waals surface area (Å²) in [6, 6.07) is 6.42. The first-order chi connectivity index (χ1) is 8.82. The third-order valence-electron chi connectivity index (χ3n) is 3.07. The Bertz CT molecular complexity index is 644. The zero-order valence-corrected chi connectivity index (χ0v) is 12.2. The van der Waals surface area contributed by atoms with Gasteiger partial charge in [0.15, 0.2) is 9.84 Å². The zero-order chi connectivity index (χ0) is 14.1. The molecular formula is C12H16O5S2. The number of sulfone groups is 1. The Balaban J connectivity index is 2.14. The van der Waals surface area contributed by atoms with Gasteiger partial charge in [-0.1, -0.05) is 19.1 Å². The Morgan fingerprint density at radius 3 is 2.37 bits per heavy atom. The highest BCUT2D eigenvalue weighted by Gasteiger charge is 2.32. The van der Waals surface area contributed by atoms with E-state index in [-0.39, 0.29) is 22.8 Å². The Kier molecular flexibility index (Phi) is 3.98. The van der Waals surface area contributed by atoms with Crippen LogP contribution in [0.2, 0.25) is 0 Å². The fourth-order valence-corrected chi connectivity index (χ4v) is 4.74. The van der Waals surface area contributed by atoms with Crippen LogP contribution in [-0.4, -0.2) is 34.4 Å². The van der Waals surface area contributed by atoms with Gasteiger partial charge in [0.1, 0.15) is 0 Å². The Labute approximate surface area is 113 Å². The SMILES string of the molecule is CCc1ccc(S(=O)(=O)OC2CCS(=O)(=O)C2)cc1. The standard InChI is InChI=1S/C12H16O5S2/c1-2-10-3-5-12(6-4-10)19(15,16)17-11-7-8-18(13,14)9-11/h3-6,11H,2,7-9H2,1H3. The fourth-order valence-electron chi connectivity index (χ4n) is 1.96. The van der Waals surface area contributed by atoms with Crippen molar-refractivity contribution in [2.75, 3.05) is 11.5 Å². The summed E-state index contributed by atoms with van der Waals surface area (Å²) in [5.41, 5.74) is 1.03. The molecule has 1 heterocycles. The minimum Gasteiger partial charge on any atom is -0.262 e. The molecule has 1 aliphatic rings. The van der Waals surface area contributed by atoms with Gasteiger partial charge in [0, 0.05) is 0 Å². The lowest BCUT2D eigenvalue weighted by Gasteiger charge is -2.10. The summed E-state index contributed by atoms with van der Waals surface area (Å²) in [5, 5.41) is 0. The number of benzene rings is 1. The smallest absolute Gasteiger partial charge is 0.262 e. The van der Waals surface area contributed by atoms with Gasteiger partial charge in [-0.05, 0) is 30.5 Å². The van der Waals surface area contributed by atoms with E-state index in [0.29, 0.717) is 0 Å². The molecule has 1 aromatic carbocycles. The van der Waals surface area contributed by atoms with Gasteiger partial charge in [-0.3, -0.25) is 4.18 Å². The zero-order valence-electron chi connectivity index (χ0n) is 10.6. The van der Waals surface area contributed by atoms with E-state index in [1.54, 1.807) is 12.1 Å². The van der Waals surface area contributed by atoms with Gasteiger partial charge in [-0.2, -0.15) is 8.42 Å². The normalized spacial score (nSPS) is 22.5. The van der Waals surface area contributed by atoms with Gasteiger partial charge in [0.2, 0.25) is 0 Å². The van der Waals surface area contributed by atoms with E-state index < -0.39 is 26.1 Å². The lowest BCUT2D eigenvalue weighted by Crippen LogP contribution is -2.19. The van der Waals surface area contributed by atoms with Crippen molar-refractivity contribution < 1.29 is 21.0 Å². The maximum Gasteiger partial charge on any atom is 0.297 e. The van der Waals surface area contributed by atoms with Crippen molar-refractivity contribution >= 4 is 20.0 Å². The highest BCUT2D eigenvalue weighted by Crippen LogP contribution is 2.21. The molecule has 1 atom stereocenters. The van der Waals surface area contributed by atoms with E-state index in [9.17, 15) is 16.8 Å². The minimum absolute atomic E-state index is 0.0119. The minimum atomic E-state index is -3.88. The molecule has 1 aromatic rings. The summed E-state index contributed by atoms with van der Waals surface area (Å²) in [5.74, 6) is -0.235. The largest absolute Gasteiger partial charge is 0.297 e. The van der Waals surface area contributed by atoms with E-state index in [4.69, 9.17) is 4.18 Å². The molecule has 7 heteroatoms. The molecule has 0 radical (unpaired) electrons. The van der Waals surface area contributed by atoms with Gasteiger partial charge in [-0.25, -0.2) is 8.42 Å². The van der Waals surface area contributed by atoms with Crippen molar-refractivity contribution in [3.63, 3.8) is 0 Å². The number of aryl methyl sites for hydroxylation is 1. The van der Waals surface area contributed by atoms with E-state index in [0.717, 1.165) is 12.0 Å². The number of hydrogen-bond donors (Lipinski definition) is 0. The second-order valence-electron chi connectivity index (χ2n) is 4.57. The molecule has 0 spiro atoms. The van der Waals surface area contributed by atoms with Crippen LogP contribution in [0.4, 0.5) is 0 Å². The first-order valence-electron chi connectivity index (χ1n) is 6.05. The molecule has 0 saturated carbocycles. The van der Waals surface area contributed by atoms with Crippen LogP contribution in [0.3, 0.4) is 0 Å². The maximum atomic E-state index is 12.0. The Hall–Kier alpha value is -0.920. The average Bonchev–Trinajstić information content (AvgIpc) is 2.68. The van der Waals surface area contributed by atoms with Gasteiger partial charge in [0.05, 0.1) is 22.5 Å². The van der Waals surface area contributed by atoms with Gasteiger partial charge >= 0.3 is 0 Å². The molecule has 5 nitrogen and oxygen atoms in total. The van der Waals surface area contributed by atoms with Gasteiger partial charge < -0.3 is 0 Å². The average molecular weight is 304 g/mol. The molecule has 106 valence electrons. The van der Waals surface area contributed by atoms with Crippen LogP contribution in [0.5, 0.6) is 0 Å². The Morgan fingerprint density at radius 1 is 1.26 bits per heavy atom. The lowest BCUT2D eigenvalue weighted by atomic mass is 10.2. The van der Waals surface area contributed by atoms with Crippen molar-refractivity contribution in [2.24, 2.45) is 0 Å². The van der Waals surface area contributed by atoms with Gasteiger partial charge in [0.25, 0.3) is 10.1 Å². The molecule has 0 aromatic heterocycles. The molecule has 1 saturated heterocycles. The summed E-state index contributed by atoms with van der Waals surface area (Å²) in [6.07, 6.45) is 0.289. The molecule has 19 heavy (non-hydrogen) atoms. The lowest BCUT2D eigenvalue weighted by molar-refractivity contribution is 0.236. The van der Waals surface area contributed by atoms with Crippen molar-refractivity contribution in [2.45, 2.75) is 30.8 Å². The second-order valence-corrected chi connectivity index (χ2v) is 8.37. The maximum absolute atomic E-state index is 12.0. The van der Waals surface area contributed by atoms with Gasteiger partial charge in [-0.15, -0.1) is 0 Å². The molecule has 0 bridgehead atoms. The van der Waals surface area contributed by atoms with Crippen molar-refractivity contribution in [1.29, 1.82) is 0 Å². The summed E-state index contributed by atoms with van der Waals surface area (Å²) in [6.45, 7) is 1.98. The quantitative estimate of drug-likeness (QED) is 0.780. The predicted molar refractivity (Wildman–Crippen MR) is 71.1 cm³/mol. The van der Waals surface area contributed by atoms with Crippen LogP contribution >= 0.6 is 0 Å². The molecule has 1 unspecified atom stereocenters. The third-order valence-corrected chi connectivity index (χ3v) is 6.19. The van der Waals surface area contributed by atoms with Crippen LogP contribution < -0.4 is 0 Å². The van der Waals surface area contributed by atoms with Crippen LogP contribution in [0.15, 0.2) is 29.2 Å². The highest BCUT2D eigenvalue weighted by atomic mass is 32.2. The molecule has 0 amide bonds. The van der Waals surface area contributed by atoms with Crippen LogP contribution in [0, 0.1) is 0 Å². The Morgan fingerprint density at radius 2 is 1.89 bits per heavy atom. The van der Waals surface area contributed by atoms with Crippen molar-refractivity contribution in [3.8, 4) is 0 Å². The monoisotopic (exact) mass is 304 g/mol. The van der Waals surface area contributed by atoms with Crippen molar-refractivity contribution in [3.05, 3.63) is 29.8 Å². The second kappa shape index (κ2) is 5.22. The van der Waals surface area contributed by atoms with Crippen LogP contribution in [0.25, 0.3) is 0 Å². The fraction of sp³-hybridized carbons (Fsp3) is 0.500. The molecule has 1 aliphatic heterocycles. The van der Waals surface area contributed by atoms with E-state index >= 15 is 0 Å². The molecule has 0 aliphatic carbocycles. The molecule has 1 fully saturated rings. The van der Waals surface area contributed by atoms with Crippen LogP contribution in [-0.2, 0) is 30.6 Å². The number of rotatable bonds is 4. The van der Waals surface area contributed by atoms with E-state index in [2.05, 4.69) is 0 Å². The first kappa shape index (κ1) is 14.5. The molecular weight excluding hydrogens is 288 g/mol.